The fraction of sp³-hybridized carbons (Fsp3) is 0.355. The molecule has 0 saturated heterocycles. The minimum absolute atomic E-state index is 0.141. The fourth-order valence-electron chi connectivity index (χ4n) is 4.67. The predicted octanol–water partition coefficient (Wildman–Crippen LogP) is 3.92. The molecule has 0 saturated carbocycles. The quantitative estimate of drug-likeness (QED) is 0.261. The summed E-state index contributed by atoms with van der Waals surface area (Å²) in [5.74, 6) is 0.495. The maximum absolute atomic E-state index is 14.1. The van der Waals surface area contributed by atoms with E-state index in [4.69, 9.17) is 23.7 Å². The molecule has 1 atom stereocenters. The first kappa shape index (κ1) is 32.8. The second kappa shape index (κ2) is 14.6. The van der Waals surface area contributed by atoms with Gasteiger partial charge in [0.15, 0.2) is 34.4 Å². The van der Waals surface area contributed by atoms with E-state index in [0.717, 1.165) is 4.47 Å². The van der Waals surface area contributed by atoms with Gasteiger partial charge in [-0.2, -0.15) is 0 Å². The summed E-state index contributed by atoms with van der Waals surface area (Å²) < 4.78 is 35.5. The van der Waals surface area contributed by atoms with Gasteiger partial charge in [-0.05, 0) is 63.6 Å². The van der Waals surface area contributed by atoms with E-state index in [1.165, 1.54) is 23.0 Å². The average Bonchev–Trinajstić information content (AvgIpc) is 3.30. The highest BCUT2D eigenvalue weighted by atomic mass is 79.9. The molecule has 0 amide bonds. The first-order chi connectivity index (χ1) is 21.2. The van der Waals surface area contributed by atoms with Crippen molar-refractivity contribution in [3.05, 3.63) is 76.9 Å². The third-order valence-electron chi connectivity index (χ3n) is 6.52. The molecule has 13 heteroatoms. The van der Waals surface area contributed by atoms with E-state index in [1.54, 1.807) is 58.2 Å². The number of hydrogen-bond acceptors (Lipinski definition) is 11. The number of hydrogen-bond donors (Lipinski definition) is 0. The van der Waals surface area contributed by atoms with Crippen LogP contribution in [0.25, 0.3) is 6.08 Å². The highest BCUT2D eigenvalue weighted by Gasteiger charge is 2.34. The van der Waals surface area contributed by atoms with Crippen molar-refractivity contribution in [2.45, 2.75) is 33.7 Å². The van der Waals surface area contributed by atoms with Gasteiger partial charge in [0.25, 0.3) is 5.56 Å². The van der Waals surface area contributed by atoms with E-state index in [2.05, 4.69) is 25.7 Å². The lowest BCUT2D eigenvalue weighted by Crippen LogP contribution is -2.40. The molecular weight excluding hydrogens is 656 g/mol. The third kappa shape index (κ3) is 6.83. The normalized spacial score (nSPS) is 14.4. The molecule has 234 valence electrons. The number of methoxy groups -OCH3 is 2. The molecule has 4 rings (SSSR count). The molecule has 11 nitrogen and oxygen atoms in total. The Bertz CT molecular complexity index is 1780. The molecule has 2 heterocycles. The summed E-state index contributed by atoms with van der Waals surface area (Å²) in [7, 11) is 2.81. The van der Waals surface area contributed by atoms with Gasteiger partial charge in [-0.15, -0.1) is 0 Å². The van der Waals surface area contributed by atoms with Gasteiger partial charge in [0, 0.05) is 10.0 Å². The molecule has 0 N–H and O–H groups in total. The topological polar surface area (TPSA) is 124 Å². The number of carbonyl (C=O) groups is 2. The Balaban J connectivity index is 1.94. The number of aromatic nitrogens is 1. The molecule has 1 aliphatic heterocycles. The van der Waals surface area contributed by atoms with Crippen LogP contribution in [-0.2, 0) is 19.1 Å². The molecule has 0 spiro atoms. The van der Waals surface area contributed by atoms with Crippen LogP contribution in [0.5, 0.6) is 23.0 Å². The van der Waals surface area contributed by atoms with Gasteiger partial charge in [0.05, 0.1) is 55.9 Å². The van der Waals surface area contributed by atoms with E-state index in [-0.39, 0.29) is 24.3 Å². The van der Waals surface area contributed by atoms with Crippen molar-refractivity contribution >= 4 is 45.3 Å². The van der Waals surface area contributed by atoms with E-state index in [1.807, 2.05) is 13.0 Å². The van der Waals surface area contributed by atoms with Gasteiger partial charge in [-0.3, -0.25) is 9.36 Å². The fourth-order valence-corrected chi connectivity index (χ4v) is 6.16. The van der Waals surface area contributed by atoms with Gasteiger partial charge in [-0.25, -0.2) is 14.6 Å². The highest BCUT2D eigenvalue weighted by molar-refractivity contribution is 9.10. The maximum Gasteiger partial charge on any atom is 0.343 e. The minimum Gasteiger partial charge on any atom is -0.493 e. The van der Waals surface area contributed by atoms with E-state index < -0.39 is 18.0 Å². The van der Waals surface area contributed by atoms with Crippen LogP contribution in [0.4, 0.5) is 0 Å². The number of benzene rings is 2. The van der Waals surface area contributed by atoms with Crippen molar-refractivity contribution in [3.63, 3.8) is 0 Å². The summed E-state index contributed by atoms with van der Waals surface area (Å²) in [6.45, 7) is 7.61. The summed E-state index contributed by atoms with van der Waals surface area (Å²) in [6.07, 6.45) is 1.72. The van der Waals surface area contributed by atoms with Crippen LogP contribution in [0, 0.1) is 0 Å². The van der Waals surface area contributed by atoms with Crippen LogP contribution in [0.1, 0.15) is 44.9 Å². The van der Waals surface area contributed by atoms with Crippen molar-refractivity contribution in [2.75, 3.05) is 40.6 Å². The van der Waals surface area contributed by atoms with Crippen LogP contribution < -0.4 is 33.8 Å². The maximum atomic E-state index is 14.1. The van der Waals surface area contributed by atoms with Crippen LogP contribution in [0.15, 0.2) is 55.9 Å². The minimum atomic E-state index is -0.885. The summed E-state index contributed by atoms with van der Waals surface area (Å²) in [5.41, 5.74) is 1.47. The van der Waals surface area contributed by atoms with Crippen LogP contribution in [0.3, 0.4) is 0 Å². The molecule has 0 aliphatic carbocycles. The Labute approximate surface area is 266 Å². The van der Waals surface area contributed by atoms with Crippen molar-refractivity contribution in [1.82, 2.24) is 4.57 Å². The standard InChI is InChI=1S/C31H33BrN2O9S/c1-7-40-22-13-18(10-11-21(22)43-16-25(35)39-6)27-26(30(37)42-9-3)17(4)33-31-34(27)29(36)24(44-31)14-19-12-20(32)15-23(38-5)28(19)41-8-2/h10-15,27H,7-9,16H2,1-6H3/b24-14+/t27-/m1/s1. The van der Waals surface area contributed by atoms with E-state index >= 15 is 0 Å². The molecule has 0 bridgehead atoms. The molecule has 1 aliphatic rings. The van der Waals surface area contributed by atoms with Gasteiger partial charge in [0.2, 0.25) is 0 Å². The average molecular weight is 690 g/mol. The second-order valence-electron chi connectivity index (χ2n) is 9.27. The van der Waals surface area contributed by atoms with Gasteiger partial charge in [-0.1, -0.05) is 33.3 Å². The number of rotatable bonds is 12. The van der Waals surface area contributed by atoms with Gasteiger partial charge < -0.3 is 28.4 Å². The molecule has 0 unspecified atom stereocenters. The van der Waals surface area contributed by atoms with Crippen molar-refractivity contribution < 1.29 is 38.0 Å². The smallest absolute Gasteiger partial charge is 0.343 e. The Morgan fingerprint density at radius 1 is 1.00 bits per heavy atom. The number of allylic oxidation sites excluding steroid dienone is 1. The summed E-state index contributed by atoms with van der Waals surface area (Å²) >= 11 is 4.69. The highest BCUT2D eigenvalue weighted by Crippen LogP contribution is 2.37. The molecule has 2 aromatic carbocycles. The monoisotopic (exact) mass is 688 g/mol. The van der Waals surface area contributed by atoms with Crippen LogP contribution in [0.2, 0.25) is 0 Å². The van der Waals surface area contributed by atoms with Crippen molar-refractivity contribution in [3.8, 4) is 23.0 Å². The van der Waals surface area contributed by atoms with Gasteiger partial charge in [0.1, 0.15) is 0 Å². The zero-order valence-electron chi connectivity index (χ0n) is 25.2. The van der Waals surface area contributed by atoms with Crippen LogP contribution in [-0.4, -0.2) is 57.2 Å². The Morgan fingerprint density at radius 2 is 1.75 bits per heavy atom. The van der Waals surface area contributed by atoms with Crippen molar-refractivity contribution in [1.29, 1.82) is 0 Å². The predicted molar refractivity (Wildman–Crippen MR) is 167 cm³/mol. The number of nitrogens with zero attached hydrogens (tertiary/aromatic N) is 2. The van der Waals surface area contributed by atoms with Crippen LogP contribution >= 0.6 is 27.3 Å². The van der Waals surface area contributed by atoms with Gasteiger partial charge >= 0.3 is 11.9 Å². The first-order valence-corrected chi connectivity index (χ1v) is 15.4. The molecule has 1 aromatic heterocycles. The van der Waals surface area contributed by atoms with E-state index in [9.17, 15) is 14.4 Å². The summed E-state index contributed by atoms with van der Waals surface area (Å²) in [5, 5.41) is 0. The Morgan fingerprint density at radius 3 is 2.41 bits per heavy atom. The SMILES string of the molecule is CCOC(=O)C1=C(C)N=c2s/c(=C/c3cc(Br)cc(OC)c3OCC)c(=O)n2[C@@H]1c1ccc(OCC(=O)OC)c(OCC)c1. The lowest BCUT2D eigenvalue weighted by molar-refractivity contribution is -0.143. The molecular formula is C31H33BrN2O9S. The largest absolute Gasteiger partial charge is 0.493 e. The number of esters is 2. The molecule has 0 fully saturated rings. The number of thiazole rings is 1. The first-order valence-electron chi connectivity index (χ1n) is 13.8. The summed E-state index contributed by atoms with van der Waals surface area (Å²) in [6, 6.07) is 7.75. The number of fused-ring (bicyclic) bond motifs is 1. The van der Waals surface area contributed by atoms with Crippen molar-refractivity contribution in [2.24, 2.45) is 4.99 Å². The molecule has 0 radical (unpaired) electrons. The zero-order chi connectivity index (χ0) is 32.0. The Hall–Kier alpha value is -4.10. The number of halogens is 1. The third-order valence-corrected chi connectivity index (χ3v) is 7.96. The zero-order valence-corrected chi connectivity index (χ0v) is 27.6. The van der Waals surface area contributed by atoms with E-state index in [0.29, 0.717) is 62.4 Å². The Kier molecular flexibility index (Phi) is 10.9. The number of ether oxygens (including phenoxy) is 6. The lowest BCUT2D eigenvalue weighted by Gasteiger charge is -2.25. The second-order valence-corrected chi connectivity index (χ2v) is 11.2. The number of carbonyl (C=O) groups excluding carboxylic acids is 2. The molecule has 44 heavy (non-hydrogen) atoms. The summed E-state index contributed by atoms with van der Waals surface area (Å²) in [4.78, 5) is 44.2. The molecule has 3 aromatic rings. The lowest BCUT2D eigenvalue weighted by atomic mass is 9.95.